The molecule has 3 rings (SSSR count). The molecular formula is C29H37ClFN3O3. The Hall–Kier alpha value is -3.13. The standard InChI is InChI=1S/C29H36FN3O3.ClH/c1-29(2,31)21-32-28(34)19-33(18-23-8-5-4-6-9-23)15-14-22-12-13-26(27(17-22)35-3)36-20-24-10-7-11-25(30)16-24;/h4-13,16-17H,14-15,18-21,31H2,1-3H3,(H,32,34);1H. The molecule has 0 fully saturated rings. The van der Waals surface area contributed by atoms with E-state index in [1.54, 1.807) is 13.2 Å². The van der Waals surface area contributed by atoms with E-state index in [9.17, 15) is 9.18 Å². The molecule has 0 saturated carbocycles. The molecule has 0 atom stereocenters. The molecule has 0 unspecified atom stereocenters. The summed E-state index contributed by atoms with van der Waals surface area (Å²) in [5.74, 6) is 0.860. The third-order valence-electron chi connectivity index (χ3n) is 5.59. The van der Waals surface area contributed by atoms with E-state index in [2.05, 4.69) is 22.3 Å². The molecule has 0 bridgehead atoms. The van der Waals surface area contributed by atoms with E-state index in [-0.39, 0.29) is 37.3 Å². The van der Waals surface area contributed by atoms with Gasteiger partial charge in [-0.05, 0) is 61.2 Å². The zero-order chi connectivity index (χ0) is 26.0. The number of halogens is 2. The van der Waals surface area contributed by atoms with E-state index >= 15 is 0 Å². The largest absolute Gasteiger partial charge is 0.493 e. The molecule has 37 heavy (non-hydrogen) atoms. The fraction of sp³-hybridized carbons (Fsp3) is 0.345. The third-order valence-corrected chi connectivity index (χ3v) is 5.59. The second-order valence-electron chi connectivity index (χ2n) is 9.62. The highest BCUT2D eigenvalue weighted by molar-refractivity contribution is 5.85. The van der Waals surface area contributed by atoms with Gasteiger partial charge in [-0.25, -0.2) is 4.39 Å². The first-order chi connectivity index (χ1) is 17.2. The molecule has 8 heteroatoms. The van der Waals surface area contributed by atoms with E-state index in [1.165, 1.54) is 12.1 Å². The summed E-state index contributed by atoms with van der Waals surface area (Å²) < 4.78 is 24.8. The Bertz CT molecular complexity index is 1120. The van der Waals surface area contributed by atoms with Gasteiger partial charge in [-0.3, -0.25) is 9.69 Å². The number of nitrogens with zero attached hydrogens (tertiary/aromatic N) is 1. The number of hydrogen-bond acceptors (Lipinski definition) is 5. The van der Waals surface area contributed by atoms with Crippen molar-refractivity contribution >= 4 is 18.3 Å². The lowest BCUT2D eigenvalue weighted by atomic mass is 10.1. The molecule has 0 saturated heterocycles. The van der Waals surface area contributed by atoms with Gasteiger partial charge in [0.2, 0.25) is 5.91 Å². The number of nitrogens with one attached hydrogen (secondary N) is 1. The van der Waals surface area contributed by atoms with Crippen molar-refractivity contribution < 1.29 is 18.7 Å². The maximum absolute atomic E-state index is 13.4. The van der Waals surface area contributed by atoms with E-state index in [1.807, 2.05) is 56.3 Å². The predicted molar refractivity (Wildman–Crippen MR) is 148 cm³/mol. The number of nitrogens with two attached hydrogens (primary N) is 1. The Morgan fingerprint density at radius 2 is 1.70 bits per heavy atom. The van der Waals surface area contributed by atoms with Gasteiger partial charge in [0.25, 0.3) is 0 Å². The average Bonchev–Trinajstić information content (AvgIpc) is 2.85. The van der Waals surface area contributed by atoms with E-state index in [0.717, 1.165) is 23.1 Å². The molecule has 200 valence electrons. The van der Waals surface area contributed by atoms with Crippen LogP contribution in [-0.2, 0) is 24.4 Å². The van der Waals surface area contributed by atoms with Gasteiger partial charge < -0.3 is 20.5 Å². The molecule has 0 aliphatic rings. The Balaban J connectivity index is 0.00000481. The van der Waals surface area contributed by atoms with Crippen LogP contribution in [0.2, 0.25) is 0 Å². The summed E-state index contributed by atoms with van der Waals surface area (Å²) >= 11 is 0. The van der Waals surface area contributed by atoms with E-state index in [4.69, 9.17) is 15.2 Å². The van der Waals surface area contributed by atoms with Crippen LogP contribution < -0.4 is 20.5 Å². The number of ether oxygens (including phenoxy) is 2. The molecule has 0 aliphatic heterocycles. The fourth-order valence-electron chi connectivity index (χ4n) is 3.70. The van der Waals surface area contributed by atoms with Crippen LogP contribution in [0, 0.1) is 5.82 Å². The summed E-state index contributed by atoms with van der Waals surface area (Å²) in [4.78, 5) is 14.7. The Labute approximate surface area is 225 Å². The summed E-state index contributed by atoms with van der Waals surface area (Å²) in [5, 5.41) is 2.93. The number of methoxy groups -OCH3 is 1. The normalized spacial score (nSPS) is 11.1. The molecule has 3 aromatic rings. The number of carbonyl (C=O) groups is 1. The highest BCUT2D eigenvalue weighted by Crippen LogP contribution is 2.29. The molecule has 3 aromatic carbocycles. The molecule has 3 N–H and O–H groups in total. The van der Waals surface area contributed by atoms with Crippen LogP contribution in [0.4, 0.5) is 4.39 Å². The molecule has 6 nitrogen and oxygen atoms in total. The molecule has 1 amide bonds. The summed E-state index contributed by atoms with van der Waals surface area (Å²) in [7, 11) is 1.60. The van der Waals surface area contributed by atoms with Crippen molar-refractivity contribution in [2.24, 2.45) is 5.73 Å². The van der Waals surface area contributed by atoms with Crippen molar-refractivity contribution in [1.29, 1.82) is 0 Å². The van der Waals surface area contributed by atoms with Crippen LogP contribution in [0.15, 0.2) is 72.8 Å². The van der Waals surface area contributed by atoms with Crippen molar-refractivity contribution in [1.82, 2.24) is 10.2 Å². The lowest BCUT2D eigenvalue weighted by Crippen LogP contribution is -2.47. The van der Waals surface area contributed by atoms with Crippen molar-refractivity contribution in [3.8, 4) is 11.5 Å². The van der Waals surface area contributed by atoms with Crippen molar-refractivity contribution in [2.45, 2.75) is 39.0 Å². The van der Waals surface area contributed by atoms with Gasteiger partial charge in [-0.15, -0.1) is 12.4 Å². The molecule has 0 radical (unpaired) electrons. The minimum absolute atomic E-state index is 0. The first-order valence-corrected chi connectivity index (χ1v) is 12.1. The smallest absolute Gasteiger partial charge is 0.234 e. The molecule has 0 heterocycles. The van der Waals surface area contributed by atoms with Crippen LogP contribution in [0.25, 0.3) is 0 Å². The fourth-order valence-corrected chi connectivity index (χ4v) is 3.70. The molecule has 0 aliphatic carbocycles. The van der Waals surface area contributed by atoms with Crippen LogP contribution >= 0.6 is 12.4 Å². The molecule has 0 aromatic heterocycles. The van der Waals surface area contributed by atoms with Crippen LogP contribution in [0.1, 0.15) is 30.5 Å². The lowest BCUT2D eigenvalue weighted by Gasteiger charge is -2.24. The number of rotatable bonds is 13. The number of hydrogen-bond donors (Lipinski definition) is 2. The highest BCUT2D eigenvalue weighted by Gasteiger charge is 2.16. The zero-order valence-electron chi connectivity index (χ0n) is 21.7. The minimum Gasteiger partial charge on any atom is -0.493 e. The van der Waals surface area contributed by atoms with Crippen molar-refractivity contribution in [2.75, 3.05) is 26.7 Å². The third kappa shape index (κ3) is 10.8. The highest BCUT2D eigenvalue weighted by atomic mass is 35.5. The Morgan fingerprint density at radius 1 is 0.973 bits per heavy atom. The zero-order valence-corrected chi connectivity index (χ0v) is 22.5. The topological polar surface area (TPSA) is 76.8 Å². The van der Waals surface area contributed by atoms with Crippen LogP contribution in [0.5, 0.6) is 11.5 Å². The number of amides is 1. The van der Waals surface area contributed by atoms with Gasteiger partial charge in [0.15, 0.2) is 11.5 Å². The van der Waals surface area contributed by atoms with Gasteiger partial charge >= 0.3 is 0 Å². The second kappa shape index (κ2) is 14.6. The quantitative estimate of drug-likeness (QED) is 0.335. The first-order valence-electron chi connectivity index (χ1n) is 12.1. The summed E-state index contributed by atoms with van der Waals surface area (Å²) in [6.45, 7) is 6.04. The number of benzene rings is 3. The van der Waals surface area contributed by atoms with Gasteiger partial charge in [0.1, 0.15) is 12.4 Å². The van der Waals surface area contributed by atoms with Crippen LogP contribution in [-0.4, -0.2) is 43.1 Å². The second-order valence-corrected chi connectivity index (χ2v) is 9.62. The average molecular weight is 530 g/mol. The molecular weight excluding hydrogens is 493 g/mol. The van der Waals surface area contributed by atoms with Crippen molar-refractivity contribution in [3.63, 3.8) is 0 Å². The summed E-state index contributed by atoms with van der Waals surface area (Å²) in [5.41, 5.74) is 8.49. The first kappa shape index (κ1) is 30.1. The SMILES string of the molecule is COc1cc(CCN(CC(=O)NCC(C)(C)N)Cc2ccccc2)ccc1OCc1cccc(F)c1.Cl. The van der Waals surface area contributed by atoms with E-state index < -0.39 is 5.54 Å². The van der Waals surface area contributed by atoms with Gasteiger partial charge in [-0.1, -0.05) is 48.5 Å². The maximum Gasteiger partial charge on any atom is 0.234 e. The minimum atomic E-state index is -0.463. The number of carbonyl (C=O) groups excluding carboxylic acids is 1. The van der Waals surface area contributed by atoms with Crippen molar-refractivity contribution in [3.05, 3.63) is 95.3 Å². The predicted octanol–water partition coefficient (Wildman–Crippen LogP) is 4.73. The Morgan fingerprint density at radius 3 is 2.38 bits per heavy atom. The summed E-state index contributed by atoms with van der Waals surface area (Å²) in [6, 6.07) is 22.2. The summed E-state index contributed by atoms with van der Waals surface area (Å²) in [6.07, 6.45) is 0.725. The Kier molecular flexibility index (Phi) is 11.9. The monoisotopic (exact) mass is 529 g/mol. The maximum atomic E-state index is 13.4. The van der Waals surface area contributed by atoms with E-state index in [0.29, 0.717) is 31.1 Å². The van der Waals surface area contributed by atoms with Gasteiger partial charge in [-0.2, -0.15) is 0 Å². The molecule has 0 spiro atoms. The van der Waals surface area contributed by atoms with Crippen LogP contribution in [0.3, 0.4) is 0 Å². The lowest BCUT2D eigenvalue weighted by molar-refractivity contribution is -0.122. The van der Waals surface area contributed by atoms with Gasteiger partial charge in [0, 0.05) is 25.2 Å². The van der Waals surface area contributed by atoms with Gasteiger partial charge in [0.05, 0.1) is 13.7 Å².